The minimum Gasteiger partial charge on any atom is -0.480 e. The van der Waals surface area contributed by atoms with E-state index in [1.165, 1.54) is 0 Å². The van der Waals surface area contributed by atoms with Crippen molar-refractivity contribution in [2.75, 3.05) is 0 Å². The van der Waals surface area contributed by atoms with Gasteiger partial charge in [-0.3, -0.25) is 4.98 Å². The summed E-state index contributed by atoms with van der Waals surface area (Å²) in [7, 11) is 0. The standard InChI is InChI=1S/C24H20N2O5/c27-23(28)21(12-16-4-2-1-3-5-16)26-24(29)30-15-20-14-19-13-18(6-7-22(19)31-20)17-8-10-25-11-9-17/h1-11,13-14,21H,12,15H2,(H,26,29)(H,27,28). The number of hydrogen-bond acceptors (Lipinski definition) is 5. The fourth-order valence-electron chi connectivity index (χ4n) is 3.26. The Morgan fingerprint density at radius 1 is 1.00 bits per heavy atom. The summed E-state index contributed by atoms with van der Waals surface area (Å²) in [6.45, 7) is -0.108. The number of aromatic nitrogens is 1. The summed E-state index contributed by atoms with van der Waals surface area (Å²) in [5.74, 6) is -0.667. The van der Waals surface area contributed by atoms with Gasteiger partial charge in [-0.2, -0.15) is 0 Å². The summed E-state index contributed by atoms with van der Waals surface area (Å²) in [5.41, 5.74) is 3.53. The molecule has 7 heteroatoms. The van der Waals surface area contributed by atoms with Crippen LogP contribution in [0.25, 0.3) is 22.1 Å². The van der Waals surface area contributed by atoms with Crippen LogP contribution in [-0.2, 0) is 22.6 Å². The van der Waals surface area contributed by atoms with E-state index in [1.807, 2.05) is 48.5 Å². The molecule has 0 aliphatic rings. The van der Waals surface area contributed by atoms with Crippen molar-refractivity contribution in [2.45, 2.75) is 19.1 Å². The van der Waals surface area contributed by atoms with Gasteiger partial charge in [0.1, 0.15) is 17.4 Å². The van der Waals surface area contributed by atoms with E-state index >= 15 is 0 Å². The Balaban J connectivity index is 1.38. The molecule has 0 bridgehead atoms. The smallest absolute Gasteiger partial charge is 0.408 e. The highest BCUT2D eigenvalue weighted by molar-refractivity contribution is 5.84. The highest BCUT2D eigenvalue weighted by Gasteiger charge is 2.21. The number of carbonyl (C=O) groups is 2. The van der Waals surface area contributed by atoms with Gasteiger partial charge in [-0.15, -0.1) is 0 Å². The van der Waals surface area contributed by atoms with Crippen LogP contribution in [-0.4, -0.2) is 28.2 Å². The average molecular weight is 416 g/mol. The number of nitrogens with zero attached hydrogens (tertiary/aromatic N) is 1. The van der Waals surface area contributed by atoms with E-state index < -0.39 is 18.1 Å². The van der Waals surface area contributed by atoms with Crippen LogP contribution in [0.5, 0.6) is 0 Å². The van der Waals surface area contributed by atoms with E-state index in [0.29, 0.717) is 11.3 Å². The van der Waals surface area contributed by atoms with Gasteiger partial charge in [0, 0.05) is 24.2 Å². The van der Waals surface area contributed by atoms with Crippen LogP contribution in [0.15, 0.2) is 83.5 Å². The second-order valence-corrected chi connectivity index (χ2v) is 7.00. The number of nitrogens with one attached hydrogen (secondary N) is 1. The first-order valence-electron chi connectivity index (χ1n) is 9.71. The number of carboxylic acid groups (broad SMARTS) is 1. The summed E-state index contributed by atoms with van der Waals surface area (Å²) >= 11 is 0. The van der Waals surface area contributed by atoms with E-state index in [-0.39, 0.29) is 13.0 Å². The highest BCUT2D eigenvalue weighted by atomic mass is 16.6. The van der Waals surface area contributed by atoms with Gasteiger partial charge < -0.3 is 19.6 Å². The van der Waals surface area contributed by atoms with Crippen LogP contribution in [0.4, 0.5) is 4.79 Å². The van der Waals surface area contributed by atoms with Crippen molar-refractivity contribution >= 4 is 23.0 Å². The Bertz CT molecular complexity index is 1190. The summed E-state index contributed by atoms with van der Waals surface area (Å²) in [6, 6.07) is 19.4. The van der Waals surface area contributed by atoms with Gasteiger partial charge in [0.15, 0.2) is 6.61 Å². The van der Waals surface area contributed by atoms with Crippen molar-refractivity contribution in [3.8, 4) is 11.1 Å². The first kappa shape index (κ1) is 20.2. The normalized spacial score (nSPS) is 11.7. The molecule has 2 N–H and O–H groups in total. The van der Waals surface area contributed by atoms with Crippen molar-refractivity contribution in [1.82, 2.24) is 10.3 Å². The van der Waals surface area contributed by atoms with Crippen LogP contribution in [0, 0.1) is 0 Å². The Morgan fingerprint density at radius 3 is 2.52 bits per heavy atom. The molecule has 1 unspecified atom stereocenters. The molecule has 0 spiro atoms. The van der Waals surface area contributed by atoms with Gasteiger partial charge in [-0.05, 0) is 47.0 Å². The molecule has 0 aliphatic carbocycles. The average Bonchev–Trinajstić information content (AvgIpc) is 3.21. The Hall–Kier alpha value is -4.13. The topological polar surface area (TPSA) is 102 Å². The molecule has 0 saturated heterocycles. The number of aliphatic carboxylic acids is 1. The lowest BCUT2D eigenvalue weighted by atomic mass is 10.1. The number of ether oxygens (including phenoxy) is 1. The molecule has 156 valence electrons. The number of carbonyl (C=O) groups excluding carboxylic acids is 1. The molecule has 7 nitrogen and oxygen atoms in total. The van der Waals surface area contributed by atoms with Gasteiger partial charge in [-0.1, -0.05) is 36.4 Å². The zero-order valence-corrected chi connectivity index (χ0v) is 16.5. The lowest BCUT2D eigenvalue weighted by Gasteiger charge is -2.14. The van der Waals surface area contributed by atoms with Gasteiger partial charge in [0.05, 0.1) is 0 Å². The fourth-order valence-corrected chi connectivity index (χ4v) is 3.26. The fraction of sp³-hybridized carbons (Fsp3) is 0.125. The van der Waals surface area contributed by atoms with Crippen molar-refractivity contribution in [3.05, 3.63) is 90.4 Å². The van der Waals surface area contributed by atoms with E-state index in [9.17, 15) is 14.7 Å². The molecular weight excluding hydrogens is 396 g/mol. The monoisotopic (exact) mass is 416 g/mol. The molecule has 31 heavy (non-hydrogen) atoms. The number of fused-ring (bicyclic) bond motifs is 1. The number of alkyl carbamates (subject to hydrolysis) is 1. The molecule has 0 saturated carbocycles. The second kappa shape index (κ2) is 9.13. The molecule has 1 amide bonds. The predicted molar refractivity (Wildman–Crippen MR) is 114 cm³/mol. The quantitative estimate of drug-likeness (QED) is 0.463. The molecule has 1 atom stereocenters. The Morgan fingerprint density at radius 2 is 1.77 bits per heavy atom. The first-order valence-corrected chi connectivity index (χ1v) is 9.71. The van der Waals surface area contributed by atoms with Crippen molar-refractivity contribution < 1.29 is 23.8 Å². The number of amides is 1. The minimum absolute atomic E-state index is 0.108. The Kier molecular flexibility index (Phi) is 5.93. The van der Waals surface area contributed by atoms with Crippen LogP contribution in [0.2, 0.25) is 0 Å². The van der Waals surface area contributed by atoms with E-state index in [1.54, 1.807) is 30.6 Å². The molecule has 0 fully saturated rings. The maximum atomic E-state index is 12.1. The number of benzene rings is 2. The van der Waals surface area contributed by atoms with E-state index in [4.69, 9.17) is 9.15 Å². The zero-order valence-electron chi connectivity index (χ0n) is 16.5. The number of carboxylic acids is 1. The molecular formula is C24H20N2O5. The van der Waals surface area contributed by atoms with Crippen LogP contribution in [0.3, 0.4) is 0 Å². The number of furan rings is 1. The molecule has 4 aromatic rings. The second-order valence-electron chi connectivity index (χ2n) is 7.00. The summed E-state index contributed by atoms with van der Waals surface area (Å²) in [5, 5.41) is 12.7. The lowest BCUT2D eigenvalue weighted by molar-refractivity contribution is -0.139. The third kappa shape index (κ3) is 5.08. The zero-order chi connectivity index (χ0) is 21.6. The summed E-state index contributed by atoms with van der Waals surface area (Å²) in [4.78, 5) is 27.6. The van der Waals surface area contributed by atoms with Crippen LogP contribution < -0.4 is 5.32 Å². The summed E-state index contributed by atoms with van der Waals surface area (Å²) < 4.78 is 10.9. The maximum Gasteiger partial charge on any atom is 0.408 e. The van der Waals surface area contributed by atoms with Crippen LogP contribution >= 0.6 is 0 Å². The van der Waals surface area contributed by atoms with Gasteiger partial charge >= 0.3 is 12.1 Å². The molecule has 2 aromatic heterocycles. The van der Waals surface area contributed by atoms with E-state index in [0.717, 1.165) is 22.1 Å². The number of rotatable bonds is 7. The number of hydrogen-bond donors (Lipinski definition) is 2. The minimum atomic E-state index is -1.13. The number of pyridine rings is 1. The van der Waals surface area contributed by atoms with Crippen LogP contribution in [0.1, 0.15) is 11.3 Å². The van der Waals surface area contributed by atoms with Crippen molar-refractivity contribution in [3.63, 3.8) is 0 Å². The van der Waals surface area contributed by atoms with Crippen molar-refractivity contribution in [2.24, 2.45) is 0 Å². The SMILES string of the molecule is O=C(NC(Cc1ccccc1)C(=O)O)OCc1cc2cc(-c3ccncc3)ccc2o1. The van der Waals surface area contributed by atoms with E-state index in [2.05, 4.69) is 10.3 Å². The van der Waals surface area contributed by atoms with Gasteiger partial charge in [0.2, 0.25) is 0 Å². The molecule has 0 radical (unpaired) electrons. The lowest BCUT2D eigenvalue weighted by Crippen LogP contribution is -2.42. The summed E-state index contributed by atoms with van der Waals surface area (Å²) in [6.07, 6.45) is 2.80. The molecule has 0 aliphatic heterocycles. The predicted octanol–water partition coefficient (Wildman–Crippen LogP) is 4.42. The first-order chi connectivity index (χ1) is 15.1. The largest absolute Gasteiger partial charge is 0.480 e. The third-order valence-electron chi connectivity index (χ3n) is 4.80. The third-order valence-corrected chi connectivity index (χ3v) is 4.80. The van der Waals surface area contributed by atoms with Crippen molar-refractivity contribution in [1.29, 1.82) is 0 Å². The molecule has 2 aromatic carbocycles. The maximum absolute atomic E-state index is 12.1. The molecule has 2 heterocycles. The highest BCUT2D eigenvalue weighted by Crippen LogP contribution is 2.26. The van der Waals surface area contributed by atoms with Gasteiger partial charge in [0.25, 0.3) is 0 Å². The molecule has 4 rings (SSSR count). The van der Waals surface area contributed by atoms with Gasteiger partial charge in [-0.25, -0.2) is 9.59 Å². The Labute approximate surface area is 178 Å².